The number of rotatable bonds is 4. The van der Waals surface area contributed by atoms with Gasteiger partial charge < -0.3 is 14.5 Å². The number of amides is 2. The number of likely N-dealkylation sites (tertiary alicyclic amines) is 1. The van der Waals surface area contributed by atoms with Gasteiger partial charge in [-0.3, -0.25) is 9.59 Å². The normalized spacial score (nSPS) is 21.3. The van der Waals surface area contributed by atoms with Gasteiger partial charge in [-0.1, -0.05) is 12.8 Å². The Labute approximate surface area is 159 Å². The van der Waals surface area contributed by atoms with Gasteiger partial charge in [-0.2, -0.15) is 0 Å². The molecule has 2 aliphatic rings. The van der Waals surface area contributed by atoms with Crippen LogP contribution in [-0.4, -0.2) is 71.7 Å². The third-order valence-corrected chi connectivity index (χ3v) is 5.76. The Bertz CT molecular complexity index is 632. The highest BCUT2D eigenvalue weighted by Crippen LogP contribution is 2.22. The molecule has 0 aromatic carbocycles. The molecule has 0 radical (unpaired) electrons. The lowest BCUT2D eigenvalue weighted by atomic mass is 10.1. The lowest BCUT2D eigenvalue weighted by Gasteiger charge is -2.36. The van der Waals surface area contributed by atoms with Crippen LogP contribution in [0.3, 0.4) is 0 Å². The first-order chi connectivity index (χ1) is 12.7. The van der Waals surface area contributed by atoms with E-state index in [9.17, 15) is 9.59 Å². The first-order valence-corrected chi connectivity index (χ1v) is 10.6. The van der Waals surface area contributed by atoms with Crippen LogP contribution in [0.2, 0.25) is 0 Å². The minimum absolute atomic E-state index is 0.0561. The number of carbonyl (C=O) groups is 2. The van der Waals surface area contributed by atoms with Gasteiger partial charge in [0.25, 0.3) is 5.91 Å². The predicted octanol–water partition coefficient (Wildman–Crippen LogP) is 2.44. The summed E-state index contributed by atoms with van der Waals surface area (Å²) in [7, 11) is 0. The average molecular weight is 378 g/mol. The van der Waals surface area contributed by atoms with Gasteiger partial charge in [-0.15, -0.1) is 11.8 Å². The lowest BCUT2D eigenvalue weighted by molar-refractivity contribution is -0.133. The number of thioether (sulfide) groups is 1. The standard InChI is InChI=1S/C19H27N3O3S/c1-26-18-16(7-6-8-20-18)19(24)22-11-12-25-14-15(22)13-17(23)21-9-4-2-3-5-10-21/h6-8,15H,2-5,9-14H2,1H3/t15-/m1/s1. The van der Waals surface area contributed by atoms with Crippen LogP contribution in [0, 0.1) is 0 Å². The average Bonchev–Trinajstić information content (AvgIpc) is 2.97. The topological polar surface area (TPSA) is 62.7 Å². The van der Waals surface area contributed by atoms with E-state index in [1.165, 1.54) is 24.6 Å². The Balaban J connectivity index is 1.71. The van der Waals surface area contributed by atoms with Crippen LogP contribution < -0.4 is 0 Å². The highest BCUT2D eigenvalue weighted by atomic mass is 32.2. The Hall–Kier alpha value is -1.60. The summed E-state index contributed by atoms with van der Waals surface area (Å²) in [5.41, 5.74) is 0.606. The van der Waals surface area contributed by atoms with E-state index in [2.05, 4.69) is 4.98 Å². The van der Waals surface area contributed by atoms with Crippen LogP contribution in [0.25, 0.3) is 0 Å². The molecule has 0 spiro atoms. The maximum Gasteiger partial charge on any atom is 0.257 e. The van der Waals surface area contributed by atoms with Crippen molar-refractivity contribution < 1.29 is 14.3 Å². The van der Waals surface area contributed by atoms with Gasteiger partial charge in [0.05, 0.1) is 24.8 Å². The Morgan fingerprint density at radius 1 is 1.23 bits per heavy atom. The molecule has 3 heterocycles. The summed E-state index contributed by atoms with van der Waals surface area (Å²) in [6.07, 6.45) is 8.48. The van der Waals surface area contributed by atoms with Gasteiger partial charge in [0.2, 0.25) is 5.91 Å². The molecular weight excluding hydrogens is 350 g/mol. The van der Waals surface area contributed by atoms with Gasteiger partial charge in [-0.05, 0) is 31.2 Å². The van der Waals surface area contributed by atoms with Gasteiger partial charge in [0.1, 0.15) is 5.03 Å². The van der Waals surface area contributed by atoms with E-state index in [1.54, 1.807) is 17.2 Å². The van der Waals surface area contributed by atoms with Gasteiger partial charge in [-0.25, -0.2) is 4.98 Å². The molecule has 1 aromatic heterocycles. The van der Waals surface area contributed by atoms with Crippen molar-refractivity contribution in [3.63, 3.8) is 0 Å². The fourth-order valence-corrected chi connectivity index (χ4v) is 4.15. The summed E-state index contributed by atoms with van der Waals surface area (Å²) in [4.78, 5) is 33.9. The molecule has 0 saturated carbocycles. The second-order valence-corrected chi connectivity index (χ2v) is 7.58. The molecule has 6 nitrogen and oxygen atoms in total. The molecule has 7 heteroatoms. The van der Waals surface area contributed by atoms with Gasteiger partial charge in [0.15, 0.2) is 0 Å². The van der Waals surface area contributed by atoms with E-state index >= 15 is 0 Å². The summed E-state index contributed by atoms with van der Waals surface area (Å²) in [5.74, 6) is 0.0795. The molecule has 0 unspecified atom stereocenters. The zero-order valence-electron chi connectivity index (χ0n) is 15.4. The minimum atomic E-state index is -0.207. The monoisotopic (exact) mass is 377 g/mol. The molecule has 3 rings (SSSR count). The maximum absolute atomic E-state index is 13.1. The number of hydrogen-bond acceptors (Lipinski definition) is 5. The summed E-state index contributed by atoms with van der Waals surface area (Å²) in [5, 5.41) is 0.724. The number of aromatic nitrogens is 1. The minimum Gasteiger partial charge on any atom is -0.377 e. The molecule has 2 aliphatic heterocycles. The van der Waals surface area contributed by atoms with Crippen LogP contribution >= 0.6 is 11.8 Å². The number of ether oxygens (including phenoxy) is 1. The largest absolute Gasteiger partial charge is 0.377 e. The molecule has 0 aliphatic carbocycles. The Morgan fingerprint density at radius 2 is 2.00 bits per heavy atom. The van der Waals surface area contributed by atoms with Crippen molar-refractivity contribution >= 4 is 23.6 Å². The predicted molar refractivity (Wildman–Crippen MR) is 101 cm³/mol. The third kappa shape index (κ3) is 4.57. The van der Waals surface area contributed by atoms with E-state index in [0.717, 1.165) is 31.0 Å². The van der Waals surface area contributed by atoms with Crippen LogP contribution in [-0.2, 0) is 9.53 Å². The van der Waals surface area contributed by atoms with Gasteiger partial charge in [0, 0.05) is 32.3 Å². The molecule has 26 heavy (non-hydrogen) atoms. The fraction of sp³-hybridized carbons (Fsp3) is 0.632. The second-order valence-electron chi connectivity index (χ2n) is 6.79. The first-order valence-electron chi connectivity index (χ1n) is 9.36. The van der Waals surface area contributed by atoms with Crippen molar-refractivity contribution in [1.29, 1.82) is 0 Å². The van der Waals surface area contributed by atoms with Crippen LogP contribution in [0.1, 0.15) is 42.5 Å². The van der Waals surface area contributed by atoms with E-state index in [0.29, 0.717) is 31.7 Å². The molecule has 2 saturated heterocycles. The highest BCUT2D eigenvalue weighted by molar-refractivity contribution is 7.98. The molecule has 2 amide bonds. The SMILES string of the molecule is CSc1ncccc1C(=O)N1CCOC[C@H]1CC(=O)N1CCCCCC1. The summed E-state index contributed by atoms with van der Waals surface area (Å²) in [6.45, 7) is 3.11. The van der Waals surface area contributed by atoms with Crippen LogP contribution in [0.5, 0.6) is 0 Å². The number of morpholine rings is 1. The van der Waals surface area contributed by atoms with E-state index in [1.807, 2.05) is 17.2 Å². The van der Waals surface area contributed by atoms with Crippen LogP contribution in [0.4, 0.5) is 0 Å². The van der Waals surface area contributed by atoms with Crippen molar-refractivity contribution in [2.45, 2.75) is 43.2 Å². The zero-order valence-corrected chi connectivity index (χ0v) is 16.2. The summed E-state index contributed by atoms with van der Waals surface area (Å²) >= 11 is 1.46. The molecule has 0 bridgehead atoms. The Morgan fingerprint density at radius 3 is 2.73 bits per heavy atom. The number of nitrogens with zero attached hydrogens (tertiary/aromatic N) is 3. The van der Waals surface area contributed by atoms with E-state index in [-0.39, 0.29) is 17.9 Å². The highest BCUT2D eigenvalue weighted by Gasteiger charge is 2.32. The fourth-order valence-electron chi connectivity index (χ4n) is 3.61. The molecular formula is C19H27N3O3S. The quantitative estimate of drug-likeness (QED) is 0.754. The van der Waals surface area contributed by atoms with E-state index in [4.69, 9.17) is 4.74 Å². The maximum atomic E-state index is 13.1. The van der Waals surface area contributed by atoms with Crippen LogP contribution in [0.15, 0.2) is 23.4 Å². The number of pyridine rings is 1. The van der Waals surface area contributed by atoms with Crippen molar-refractivity contribution in [2.75, 3.05) is 39.1 Å². The van der Waals surface area contributed by atoms with Crippen molar-refractivity contribution in [3.8, 4) is 0 Å². The zero-order chi connectivity index (χ0) is 18.4. The summed E-state index contributed by atoms with van der Waals surface area (Å²) in [6, 6.07) is 3.39. The first kappa shape index (κ1) is 19.2. The smallest absolute Gasteiger partial charge is 0.257 e. The Kier molecular flexibility index (Phi) is 6.91. The molecule has 1 aromatic rings. The van der Waals surface area contributed by atoms with Crippen molar-refractivity contribution in [3.05, 3.63) is 23.9 Å². The van der Waals surface area contributed by atoms with Crippen molar-refractivity contribution in [2.24, 2.45) is 0 Å². The molecule has 2 fully saturated rings. The molecule has 142 valence electrons. The van der Waals surface area contributed by atoms with Crippen molar-refractivity contribution in [1.82, 2.24) is 14.8 Å². The number of hydrogen-bond donors (Lipinski definition) is 0. The second kappa shape index (κ2) is 9.37. The third-order valence-electron chi connectivity index (χ3n) is 5.05. The van der Waals surface area contributed by atoms with E-state index < -0.39 is 0 Å². The lowest BCUT2D eigenvalue weighted by Crippen LogP contribution is -2.51. The molecule has 0 N–H and O–H groups in total. The van der Waals surface area contributed by atoms with Gasteiger partial charge >= 0.3 is 0 Å². The molecule has 1 atom stereocenters. The number of carbonyl (C=O) groups excluding carboxylic acids is 2. The summed E-state index contributed by atoms with van der Waals surface area (Å²) < 4.78 is 5.58.